The third kappa shape index (κ3) is 2.77. The molecule has 1 aliphatic rings. The first kappa shape index (κ1) is 13.7. The summed E-state index contributed by atoms with van der Waals surface area (Å²) in [5.41, 5.74) is 5.29. The zero-order valence-corrected chi connectivity index (χ0v) is 12.4. The maximum Gasteiger partial charge on any atom is 0.252 e. The Hall–Kier alpha value is -2.29. The molecule has 108 valence electrons. The Morgan fingerprint density at radius 1 is 1.10 bits per heavy atom. The van der Waals surface area contributed by atoms with E-state index in [1.165, 1.54) is 11.3 Å². The smallest absolute Gasteiger partial charge is 0.252 e. The number of carbonyl (C=O) groups excluding carboxylic acids is 1. The Labute approximate surface area is 125 Å². The van der Waals surface area contributed by atoms with Crippen molar-refractivity contribution >= 4 is 11.6 Å². The van der Waals surface area contributed by atoms with E-state index in [0.717, 1.165) is 29.7 Å². The van der Waals surface area contributed by atoms with E-state index in [-0.39, 0.29) is 11.9 Å². The van der Waals surface area contributed by atoms with Crippen molar-refractivity contribution in [3.63, 3.8) is 0 Å². The van der Waals surface area contributed by atoms with E-state index < -0.39 is 0 Å². The molecule has 0 spiro atoms. The average molecular weight is 280 g/mol. The number of nitrogens with one attached hydrogen (secondary N) is 2. The second kappa shape index (κ2) is 5.60. The number of carbonyl (C=O) groups is 1. The highest BCUT2D eigenvalue weighted by Crippen LogP contribution is 2.21. The molecule has 0 aliphatic carbocycles. The maximum atomic E-state index is 12.5. The number of para-hydroxylation sites is 1. The Bertz CT molecular complexity index is 658. The minimum Gasteiger partial charge on any atom is -0.383 e. The van der Waals surface area contributed by atoms with Crippen molar-refractivity contribution in [3.05, 3.63) is 64.7 Å². The molecule has 0 fully saturated rings. The lowest BCUT2D eigenvalue weighted by Crippen LogP contribution is -2.43. The van der Waals surface area contributed by atoms with Crippen molar-refractivity contribution in [2.45, 2.75) is 26.3 Å². The van der Waals surface area contributed by atoms with Crippen molar-refractivity contribution in [2.75, 3.05) is 11.9 Å². The Balaban J connectivity index is 1.75. The van der Waals surface area contributed by atoms with Crippen molar-refractivity contribution in [2.24, 2.45) is 0 Å². The van der Waals surface area contributed by atoms with Gasteiger partial charge >= 0.3 is 0 Å². The van der Waals surface area contributed by atoms with Gasteiger partial charge in [-0.25, -0.2) is 0 Å². The first-order valence-corrected chi connectivity index (χ1v) is 7.34. The lowest BCUT2D eigenvalue weighted by molar-refractivity contribution is 0.0937. The molecule has 3 nitrogen and oxygen atoms in total. The molecule has 1 heterocycles. The summed E-state index contributed by atoms with van der Waals surface area (Å²) in [6, 6.07) is 14.3. The molecule has 21 heavy (non-hydrogen) atoms. The van der Waals surface area contributed by atoms with Gasteiger partial charge in [-0.3, -0.25) is 4.79 Å². The molecule has 2 aromatic carbocycles. The number of rotatable bonds is 2. The van der Waals surface area contributed by atoms with Gasteiger partial charge in [-0.2, -0.15) is 0 Å². The molecule has 0 radical (unpaired) electrons. The highest BCUT2D eigenvalue weighted by Gasteiger charge is 2.21. The minimum absolute atomic E-state index is 0.0248. The van der Waals surface area contributed by atoms with Crippen LogP contribution in [0.1, 0.15) is 27.0 Å². The first-order valence-electron chi connectivity index (χ1n) is 7.34. The quantitative estimate of drug-likeness (QED) is 0.887. The summed E-state index contributed by atoms with van der Waals surface area (Å²) in [4.78, 5) is 12.5. The standard InChI is InChI=1S/C18H20N2O/c1-12-6-5-7-13(2)17(12)18(21)20-15-10-14-8-3-4-9-16(14)19-11-15/h3-9,15,19H,10-11H2,1-2H3,(H,20,21). The van der Waals surface area contributed by atoms with Crippen LogP contribution in [0.5, 0.6) is 0 Å². The molecule has 0 saturated carbocycles. The van der Waals surface area contributed by atoms with Crippen LogP contribution in [0, 0.1) is 13.8 Å². The molecule has 0 aromatic heterocycles. The molecule has 1 amide bonds. The summed E-state index contributed by atoms with van der Waals surface area (Å²) in [7, 11) is 0. The SMILES string of the molecule is Cc1cccc(C)c1C(=O)NC1CNc2ccccc2C1. The average Bonchev–Trinajstić information content (AvgIpc) is 2.47. The van der Waals surface area contributed by atoms with E-state index in [1.54, 1.807) is 0 Å². The summed E-state index contributed by atoms with van der Waals surface area (Å²) in [6.45, 7) is 4.74. The van der Waals surface area contributed by atoms with Gasteiger partial charge in [-0.15, -0.1) is 0 Å². The fourth-order valence-corrected chi connectivity index (χ4v) is 2.97. The summed E-state index contributed by atoms with van der Waals surface area (Å²) in [5, 5.41) is 6.54. The van der Waals surface area contributed by atoms with Gasteiger partial charge in [0.2, 0.25) is 0 Å². The van der Waals surface area contributed by atoms with E-state index in [1.807, 2.05) is 44.2 Å². The summed E-state index contributed by atoms with van der Waals surface area (Å²) >= 11 is 0. The number of anilines is 1. The number of benzene rings is 2. The Kier molecular flexibility index (Phi) is 3.65. The Morgan fingerprint density at radius 3 is 2.57 bits per heavy atom. The molecular weight excluding hydrogens is 260 g/mol. The molecular formula is C18H20N2O. The van der Waals surface area contributed by atoms with Gasteiger partial charge in [0.05, 0.1) is 6.04 Å². The van der Waals surface area contributed by atoms with Crippen LogP contribution in [-0.4, -0.2) is 18.5 Å². The topological polar surface area (TPSA) is 41.1 Å². The number of hydrogen-bond donors (Lipinski definition) is 2. The van der Waals surface area contributed by atoms with Crippen molar-refractivity contribution in [3.8, 4) is 0 Å². The van der Waals surface area contributed by atoms with E-state index in [0.29, 0.717) is 0 Å². The van der Waals surface area contributed by atoms with Crippen LogP contribution < -0.4 is 10.6 Å². The third-order valence-corrected chi connectivity index (χ3v) is 4.07. The van der Waals surface area contributed by atoms with Gasteiger partial charge < -0.3 is 10.6 Å². The molecule has 0 saturated heterocycles. The predicted molar refractivity (Wildman–Crippen MR) is 85.8 cm³/mol. The predicted octanol–water partition coefficient (Wildman–Crippen LogP) is 3.07. The molecule has 2 N–H and O–H groups in total. The molecule has 3 heteroatoms. The van der Waals surface area contributed by atoms with Crippen molar-refractivity contribution in [1.82, 2.24) is 5.32 Å². The van der Waals surface area contributed by atoms with Gasteiger partial charge in [0.25, 0.3) is 5.91 Å². The second-order valence-electron chi connectivity index (χ2n) is 5.68. The van der Waals surface area contributed by atoms with Crippen LogP contribution in [0.25, 0.3) is 0 Å². The molecule has 1 atom stereocenters. The molecule has 1 unspecified atom stereocenters. The number of hydrogen-bond acceptors (Lipinski definition) is 2. The fraction of sp³-hybridized carbons (Fsp3) is 0.278. The van der Waals surface area contributed by atoms with E-state index >= 15 is 0 Å². The van der Waals surface area contributed by atoms with Crippen LogP contribution in [0.2, 0.25) is 0 Å². The van der Waals surface area contributed by atoms with Crippen molar-refractivity contribution < 1.29 is 4.79 Å². The third-order valence-electron chi connectivity index (χ3n) is 4.07. The second-order valence-corrected chi connectivity index (χ2v) is 5.68. The van der Waals surface area contributed by atoms with E-state index in [9.17, 15) is 4.79 Å². The number of aryl methyl sites for hydroxylation is 2. The van der Waals surface area contributed by atoms with Crippen LogP contribution >= 0.6 is 0 Å². The molecule has 2 aromatic rings. The lowest BCUT2D eigenvalue weighted by Gasteiger charge is -2.27. The summed E-state index contributed by atoms with van der Waals surface area (Å²) in [6.07, 6.45) is 0.875. The lowest BCUT2D eigenvalue weighted by atomic mass is 9.98. The van der Waals surface area contributed by atoms with Crippen LogP contribution in [0.15, 0.2) is 42.5 Å². The largest absolute Gasteiger partial charge is 0.383 e. The monoisotopic (exact) mass is 280 g/mol. The zero-order chi connectivity index (χ0) is 14.8. The molecule has 0 bridgehead atoms. The van der Waals surface area contributed by atoms with Crippen LogP contribution in [0.3, 0.4) is 0 Å². The van der Waals surface area contributed by atoms with Gasteiger partial charge in [0.15, 0.2) is 0 Å². The fourth-order valence-electron chi connectivity index (χ4n) is 2.97. The van der Waals surface area contributed by atoms with E-state index in [4.69, 9.17) is 0 Å². The zero-order valence-electron chi connectivity index (χ0n) is 12.4. The maximum absolute atomic E-state index is 12.5. The van der Waals surface area contributed by atoms with Crippen LogP contribution in [0.4, 0.5) is 5.69 Å². The van der Waals surface area contributed by atoms with Crippen LogP contribution in [-0.2, 0) is 6.42 Å². The van der Waals surface area contributed by atoms with Gasteiger partial charge in [0, 0.05) is 17.8 Å². The van der Waals surface area contributed by atoms with Crippen molar-refractivity contribution in [1.29, 1.82) is 0 Å². The molecule has 3 rings (SSSR count). The van der Waals surface area contributed by atoms with E-state index in [2.05, 4.69) is 22.8 Å². The molecule has 1 aliphatic heterocycles. The van der Waals surface area contributed by atoms with Gasteiger partial charge in [-0.1, -0.05) is 36.4 Å². The first-order chi connectivity index (χ1) is 10.1. The highest BCUT2D eigenvalue weighted by molar-refractivity contribution is 5.97. The number of fused-ring (bicyclic) bond motifs is 1. The Morgan fingerprint density at radius 2 is 1.81 bits per heavy atom. The normalized spacial score (nSPS) is 16.8. The summed E-state index contributed by atoms with van der Waals surface area (Å²) in [5.74, 6) is 0.0248. The minimum atomic E-state index is 0.0248. The number of amides is 1. The van der Waals surface area contributed by atoms with Gasteiger partial charge in [0.1, 0.15) is 0 Å². The highest BCUT2D eigenvalue weighted by atomic mass is 16.1. The summed E-state index contributed by atoms with van der Waals surface area (Å²) < 4.78 is 0. The van der Waals surface area contributed by atoms with Gasteiger partial charge in [-0.05, 0) is 43.0 Å².